The Labute approximate surface area is 178 Å². The first-order valence-corrected chi connectivity index (χ1v) is 12.1. The van der Waals surface area contributed by atoms with Crippen LogP contribution in [0.5, 0.6) is 0 Å². The lowest BCUT2D eigenvalue weighted by molar-refractivity contribution is -0.122. The second kappa shape index (κ2) is 8.83. The third-order valence-corrected chi connectivity index (χ3v) is 7.79. The number of anilines is 1. The number of aromatic nitrogens is 1. The summed E-state index contributed by atoms with van der Waals surface area (Å²) < 4.78 is 1.74. The number of nitrogens with one attached hydrogen (secondary N) is 1. The molecule has 1 aliphatic carbocycles. The van der Waals surface area contributed by atoms with Crippen molar-refractivity contribution in [2.24, 2.45) is 11.8 Å². The van der Waals surface area contributed by atoms with Crippen molar-refractivity contribution in [1.29, 1.82) is 0 Å². The molecule has 1 aromatic carbocycles. The maximum absolute atomic E-state index is 12.8. The van der Waals surface area contributed by atoms with Crippen molar-refractivity contribution in [3.05, 3.63) is 18.2 Å². The normalized spacial score (nSPS) is 21.6. The monoisotopic (exact) mass is 431 g/mol. The van der Waals surface area contributed by atoms with Gasteiger partial charge in [0.15, 0.2) is 4.34 Å². The molecule has 0 radical (unpaired) electrons. The number of benzene rings is 1. The van der Waals surface area contributed by atoms with E-state index in [4.69, 9.17) is 0 Å². The van der Waals surface area contributed by atoms with E-state index in [1.807, 2.05) is 12.1 Å². The zero-order valence-corrected chi connectivity index (χ0v) is 18.1. The summed E-state index contributed by atoms with van der Waals surface area (Å²) in [6, 6.07) is 5.54. The van der Waals surface area contributed by atoms with E-state index >= 15 is 0 Å². The molecule has 1 aromatic heterocycles. The summed E-state index contributed by atoms with van der Waals surface area (Å²) in [6.45, 7) is 2.80. The van der Waals surface area contributed by atoms with Gasteiger partial charge in [-0.3, -0.25) is 19.3 Å². The molecule has 1 saturated heterocycles. The number of carbonyl (C=O) groups is 3. The average Bonchev–Trinajstić information content (AvgIpc) is 3.25. The molecular weight excluding hydrogens is 406 g/mol. The van der Waals surface area contributed by atoms with Crippen molar-refractivity contribution in [2.45, 2.75) is 49.8 Å². The Morgan fingerprint density at radius 2 is 1.97 bits per heavy atom. The van der Waals surface area contributed by atoms with Crippen molar-refractivity contribution in [3.63, 3.8) is 0 Å². The van der Waals surface area contributed by atoms with Crippen LogP contribution in [0.15, 0.2) is 22.5 Å². The molecule has 154 valence electrons. The largest absolute Gasteiger partial charge is 0.355 e. The SMILES string of the molecule is CCCCNC(=O)CSc1nc2ccc(N3C(=O)[C@@H]4CCCC[C@H]4C3=O)cc2s1. The number of hydrogen-bond donors (Lipinski definition) is 1. The lowest BCUT2D eigenvalue weighted by atomic mass is 9.81. The van der Waals surface area contributed by atoms with Gasteiger partial charge in [-0.1, -0.05) is 37.9 Å². The highest BCUT2D eigenvalue weighted by Gasteiger charge is 2.48. The molecule has 1 N–H and O–H groups in total. The van der Waals surface area contributed by atoms with Gasteiger partial charge in [0.05, 0.1) is 33.5 Å². The minimum absolute atomic E-state index is 0.0132. The van der Waals surface area contributed by atoms with E-state index in [0.717, 1.165) is 53.1 Å². The van der Waals surface area contributed by atoms with Crippen LogP contribution in [-0.2, 0) is 14.4 Å². The van der Waals surface area contributed by atoms with Crippen LogP contribution < -0.4 is 10.2 Å². The van der Waals surface area contributed by atoms with Crippen LogP contribution in [0.3, 0.4) is 0 Å². The molecule has 4 rings (SSSR count). The van der Waals surface area contributed by atoms with Crippen LogP contribution in [-0.4, -0.2) is 35.0 Å². The summed E-state index contributed by atoms with van der Waals surface area (Å²) in [5, 5.41) is 2.90. The minimum atomic E-state index is -0.147. The average molecular weight is 432 g/mol. The number of nitrogens with zero attached hydrogens (tertiary/aromatic N) is 2. The van der Waals surface area contributed by atoms with Crippen molar-refractivity contribution in [3.8, 4) is 0 Å². The third kappa shape index (κ3) is 4.19. The number of unbranched alkanes of at least 4 members (excludes halogenated alkanes) is 1. The quantitative estimate of drug-likeness (QED) is 0.407. The van der Waals surface area contributed by atoms with Crippen molar-refractivity contribution in [1.82, 2.24) is 10.3 Å². The Morgan fingerprint density at radius 1 is 1.24 bits per heavy atom. The fourth-order valence-corrected chi connectivity index (χ4v) is 6.02. The first-order chi connectivity index (χ1) is 14.1. The lowest BCUT2D eigenvalue weighted by Gasteiger charge is -2.19. The minimum Gasteiger partial charge on any atom is -0.355 e. The molecule has 0 spiro atoms. The van der Waals surface area contributed by atoms with Gasteiger partial charge in [-0.2, -0.15) is 0 Å². The van der Waals surface area contributed by atoms with Crippen LogP contribution in [0.1, 0.15) is 45.4 Å². The first kappa shape index (κ1) is 20.3. The molecule has 1 saturated carbocycles. The Morgan fingerprint density at radius 3 is 2.66 bits per heavy atom. The zero-order valence-electron chi connectivity index (χ0n) is 16.5. The molecule has 29 heavy (non-hydrogen) atoms. The Bertz CT molecular complexity index is 918. The lowest BCUT2D eigenvalue weighted by Crippen LogP contribution is -2.30. The van der Waals surface area contributed by atoms with E-state index in [1.54, 1.807) is 6.07 Å². The van der Waals surface area contributed by atoms with Gasteiger partial charge in [0.2, 0.25) is 17.7 Å². The number of thiazole rings is 1. The van der Waals surface area contributed by atoms with Gasteiger partial charge in [-0.15, -0.1) is 11.3 Å². The van der Waals surface area contributed by atoms with E-state index in [2.05, 4.69) is 17.2 Å². The number of hydrogen-bond acceptors (Lipinski definition) is 6. The topological polar surface area (TPSA) is 79.4 Å². The molecule has 6 nitrogen and oxygen atoms in total. The molecule has 2 fully saturated rings. The summed E-state index contributed by atoms with van der Waals surface area (Å²) in [7, 11) is 0. The predicted molar refractivity (Wildman–Crippen MR) is 116 cm³/mol. The highest BCUT2D eigenvalue weighted by atomic mass is 32.2. The summed E-state index contributed by atoms with van der Waals surface area (Å²) in [6.07, 6.45) is 5.71. The first-order valence-electron chi connectivity index (χ1n) is 10.3. The van der Waals surface area contributed by atoms with E-state index in [1.165, 1.54) is 28.0 Å². The standard InChI is InChI=1S/C21H25N3O3S2/c1-2-3-10-22-18(25)12-28-21-23-16-9-8-13(11-17(16)29-21)24-19(26)14-6-4-5-7-15(14)20(24)27/h8-9,11,14-15H,2-7,10,12H2,1H3,(H,22,25)/t14-,15-/m1/s1. The van der Waals surface area contributed by atoms with E-state index in [9.17, 15) is 14.4 Å². The Kier molecular flexibility index (Phi) is 6.20. The van der Waals surface area contributed by atoms with Crippen LogP contribution >= 0.6 is 23.1 Å². The third-order valence-electron chi connectivity index (χ3n) is 5.63. The summed E-state index contributed by atoms with van der Waals surface area (Å²) in [4.78, 5) is 43.5. The molecule has 2 aromatic rings. The number of amides is 3. The second-order valence-electron chi connectivity index (χ2n) is 7.63. The molecule has 3 amide bonds. The maximum atomic E-state index is 12.8. The van der Waals surface area contributed by atoms with Gasteiger partial charge < -0.3 is 5.32 Å². The number of fused-ring (bicyclic) bond motifs is 2. The number of carbonyl (C=O) groups excluding carboxylic acids is 3. The second-order valence-corrected chi connectivity index (χ2v) is 9.89. The van der Waals surface area contributed by atoms with Gasteiger partial charge in [0.25, 0.3) is 0 Å². The molecule has 0 bridgehead atoms. The highest BCUT2D eigenvalue weighted by Crippen LogP contribution is 2.41. The summed E-state index contributed by atoms with van der Waals surface area (Å²) >= 11 is 2.91. The fraction of sp³-hybridized carbons (Fsp3) is 0.524. The molecule has 8 heteroatoms. The van der Waals surface area contributed by atoms with E-state index in [0.29, 0.717) is 18.0 Å². The van der Waals surface area contributed by atoms with Gasteiger partial charge in [0.1, 0.15) is 0 Å². The van der Waals surface area contributed by atoms with Gasteiger partial charge in [-0.25, -0.2) is 4.98 Å². The zero-order chi connectivity index (χ0) is 20.4. The highest BCUT2D eigenvalue weighted by molar-refractivity contribution is 8.01. The molecule has 2 heterocycles. The Balaban J connectivity index is 1.47. The summed E-state index contributed by atoms with van der Waals surface area (Å²) in [5.74, 6) is -0.0531. The molecule has 2 aliphatic rings. The van der Waals surface area contributed by atoms with Crippen LogP contribution in [0.2, 0.25) is 0 Å². The van der Waals surface area contributed by atoms with Gasteiger partial charge >= 0.3 is 0 Å². The fourth-order valence-electron chi connectivity index (χ4n) is 4.09. The van der Waals surface area contributed by atoms with E-state index < -0.39 is 0 Å². The van der Waals surface area contributed by atoms with Crippen LogP contribution in [0, 0.1) is 11.8 Å². The van der Waals surface area contributed by atoms with Crippen LogP contribution in [0.4, 0.5) is 5.69 Å². The van der Waals surface area contributed by atoms with Crippen molar-refractivity contribution < 1.29 is 14.4 Å². The maximum Gasteiger partial charge on any atom is 0.237 e. The van der Waals surface area contributed by atoms with Gasteiger partial charge in [0, 0.05) is 6.54 Å². The Hall–Kier alpha value is -1.93. The van der Waals surface area contributed by atoms with Gasteiger partial charge in [-0.05, 0) is 37.5 Å². The number of thioether (sulfide) groups is 1. The smallest absolute Gasteiger partial charge is 0.237 e. The summed E-state index contributed by atoms with van der Waals surface area (Å²) in [5.41, 5.74) is 1.46. The molecular formula is C21H25N3O3S2. The molecule has 1 aliphatic heterocycles. The van der Waals surface area contributed by atoms with Crippen molar-refractivity contribution >= 4 is 56.7 Å². The van der Waals surface area contributed by atoms with E-state index in [-0.39, 0.29) is 29.6 Å². The van der Waals surface area contributed by atoms with Crippen molar-refractivity contribution in [2.75, 3.05) is 17.2 Å². The van der Waals surface area contributed by atoms with Crippen LogP contribution in [0.25, 0.3) is 10.2 Å². The molecule has 0 unspecified atom stereocenters. The molecule has 2 atom stereocenters. The number of imide groups is 1. The predicted octanol–water partition coefficient (Wildman–Crippen LogP) is 3.98. The number of rotatable bonds is 7.